The molecule has 0 heterocycles. The zero-order valence-corrected chi connectivity index (χ0v) is 27.3. The summed E-state index contributed by atoms with van der Waals surface area (Å²) in [5.41, 5.74) is 17.1. The molecule has 6 aromatic carbocycles. The predicted molar refractivity (Wildman–Crippen MR) is 190 cm³/mol. The first kappa shape index (κ1) is 30.7. The van der Waals surface area contributed by atoms with E-state index < -0.39 is 0 Å². The number of aromatic hydroxyl groups is 3. The molecule has 0 aliphatic carbocycles. The highest BCUT2D eigenvalue weighted by Gasteiger charge is 2.29. The Morgan fingerprint density at radius 2 is 0.587 bits per heavy atom. The Morgan fingerprint density at radius 1 is 0.348 bits per heavy atom. The van der Waals surface area contributed by atoms with Gasteiger partial charge in [0.05, 0.1) is 0 Å². The van der Waals surface area contributed by atoms with Gasteiger partial charge in [-0.25, -0.2) is 0 Å². The Kier molecular flexibility index (Phi) is 8.19. The third kappa shape index (κ3) is 5.89. The molecular weight excluding hydrogens is 564 g/mol. The standard InChI is InChI=1S/C43H40O3/c1-25-19-28(4)40(31-7-13-34(44)14-8-31)37(22-25)43(38-23-26(2)20-29(5)41(38)32-9-15-35(45)16-10-32)39-24-27(3)21-30(6)42(39)33-11-17-36(46)18-12-33/h7-24,43-46H,1-6H3. The molecule has 46 heavy (non-hydrogen) atoms. The molecular formula is C43H40O3. The maximum Gasteiger partial charge on any atom is 0.115 e. The summed E-state index contributed by atoms with van der Waals surface area (Å²) in [5.74, 6) is 0.519. The first-order valence-electron chi connectivity index (χ1n) is 15.7. The molecule has 0 spiro atoms. The smallest absolute Gasteiger partial charge is 0.115 e. The second-order valence-corrected chi connectivity index (χ2v) is 12.7. The van der Waals surface area contributed by atoms with Crippen LogP contribution in [0, 0.1) is 41.5 Å². The maximum absolute atomic E-state index is 10.2. The van der Waals surface area contributed by atoms with Crippen molar-refractivity contribution in [2.24, 2.45) is 0 Å². The summed E-state index contributed by atoms with van der Waals surface area (Å²) in [6.45, 7) is 13.0. The van der Waals surface area contributed by atoms with Crippen molar-refractivity contribution in [3.63, 3.8) is 0 Å². The minimum atomic E-state index is -0.188. The molecule has 0 fully saturated rings. The fourth-order valence-corrected chi connectivity index (χ4v) is 7.25. The van der Waals surface area contributed by atoms with E-state index in [1.165, 1.54) is 33.4 Å². The van der Waals surface area contributed by atoms with E-state index >= 15 is 0 Å². The highest BCUT2D eigenvalue weighted by molar-refractivity contribution is 5.82. The van der Waals surface area contributed by atoms with Gasteiger partial charge in [-0.1, -0.05) is 89.5 Å². The van der Waals surface area contributed by atoms with Gasteiger partial charge in [-0.15, -0.1) is 0 Å². The van der Waals surface area contributed by atoms with E-state index in [2.05, 4.69) is 77.9 Å². The number of hydrogen-bond acceptors (Lipinski definition) is 3. The normalized spacial score (nSPS) is 11.3. The Hall–Kier alpha value is -5.28. The van der Waals surface area contributed by atoms with Crippen molar-refractivity contribution in [3.05, 3.63) is 159 Å². The molecule has 0 aliphatic rings. The lowest BCUT2D eigenvalue weighted by molar-refractivity contribution is 0.475. The van der Waals surface area contributed by atoms with Gasteiger partial charge < -0.3 is 15.3 Å². The van der Waals surface area contributed by atoms with Crippen LogP contribution < -0.4 is 0 Å². The molecule has 0 unspecified atom stereocenters. The van der Waals surface area contributed by atoms with Crippen LogP contribution in [0.25, 0.3) is 33.4 Å². The van der Waals surface area contributed by atoms with Crippen LogP contribution in [-0.4, -0.2) is 15.3 Å². The fourth-order valence-electron chi connectivity index (χ4n) is 7.25. The fraction of sp³-hybridized carbons (Fsp3) is 0.163. The van der Waals surface area contributed by atoms with Crippen molar-refractivity contribution < 1.29 is 15.3 Å². The number of phenolic OH excluding ortho intramolecular Hbond substituents is 3. The number of phenols is 3. The summed E-state index contributed by atoms with van der Waals surface area (Å²) in [5, 5.41) is 30.6. The van der Waals surface area contributed by atoms with Crippen LogP contribution in [0.4, 0.5) is 0 Å². The van der Waals surface area contributed by atoms with Gasteiger partial charge in [0.25, 0.3) is 0 Å². The SMILES string of the molecule is Cc1cc(C)c(-c2ccc(O)cc2)c(C(c2cc(C)cc(C)c2-c2ccc(O)cc2)c2cc(C)cc(C)c2-c2ccc(O)cc2)c1. The van der Waals surface area contributed by atoms with Crippen molar-refractivity contribution in [3.8, 4) is 50.6 Å². The maximum atomic E-state index is 10.2. The van der Waals surface area contributed by atoms with Gasteiger partial charge in [0.2, 0.25) is 0 Å². The largest absolute Gasteiger partial charge is 0.508 e. The minimum absolute atomic E-state index is 0.188. The number of rotatable bonds is 6. The van der Waals surface area contributed by atoms with Gasteiger partial charge >= 0.3 is 0 Å². The molecule has 3 nitrogen and oxygen atoms in total. The Morgan fingerprint density at radius 3 is 0.826 bits per heavy atom. The van der Waals surface area contributed by atoms with Crippen molar-refractivity contribution >= 4 is 0 Å². The van der Waals surface area contributed by atoms with Crippen LogP contribution in [-0.2, 0) is 0 Å². The lowest BCUT2D eigenvalue weighted by atomic mass is 9.73. The molecule has 0 aliphatic heterocycles. The molecule has 0 atom stereocenters. The van der Waals surface area contributed by atoms with Crippen molar-refractivity contribution in [2.45, 2.75) is 47.5 Å². The lowest BCUT2D eigenvalue weighted by Crippen LogP contribution is -2.12. The second-order valence-electron chi connectivity index (χ2n) is 12.7. The van der Waals surface area contributed by atoms with Gasteiger partial charge in [0.1, 0.15) is 17.2 Å². The van der Waals surface area contributed by atoms with Crippen molar-refractivity contribution in [2.75, 3.05) is 0 Å². The molecule has 0 radical (unpaired) electrons. The molecule has 0 saturated carbocycles. The summed E-state index contributed by atoms with van der Waals surface area (Å²) in [7, 11) is 0. The molecule has 6 rings (SSSR count). The van der Waals surface area contributed by atoms with Crippen LogP contribution >= 0.6 is 0 Å². The number of benzene rings is 6. The first-order valence-corrected chi connectivity index (χ1v) is 15.7. The highest BCUT2D eigenvalue weighted by atomic mass is 16.3. The Bertz CT molecular complexity index is 1810. The molecule has 6 aromatic rings. The molecule has 0 saturated heterocycles. The highest BCUT2D eigenvalue weighted by Crippen LogP contribution is 2.48. The van der Waals surface area contributed by atoms with Gasteiger partial charge in [-0.05, 0) is 145 Å². The molecule has 0 bridgehead atoms. The van der Waals surface area contributed by atoms with Crippen LogP contribution in [0.3, 0.4) is 0 Å². The zero-order valence-electron chi connectivity index (χ0n) is 27.3. The topological polar surface area (TPSA) is 60.7 Å². The number of aryl methyl sites for hydroxylation is 6. The first-order chi connectivity index (χ1) is 22.0. The van der Waals surface area contributed by atoms with Crippen molar-refractivity contribution in [1.29, 1.82) is 0 Å². The molecule has 3 N–H and O–H groups in total. The van der Waals surface area contributed by atoms with E-state index in [4.69, 9.17) is 0 Å². The molecule has 230 valence electrons. The average Bonchev–Trinajstić information content (AvgIpc) is 2.99. The van der Waals surface area contributed by atoms with Crippen LogP contribution in [0.2, 0.25) is 0 Å². The monoisotopic (exact) mass is 604 g/mol. The van der Waals surface area contributed by atoms with Gasteiger partial charge in [-0.2, -0.15) is 0 Å². The van der Waals surface area contributed by atoms with E-state index in [0.717, 1.165) is 50.1 Å². The Balaban J connectivity index is 1.79. The number of hydrogen-bond donors (Lipinski definition) is 3. The van der Waals surface area contributed by atoms with E-state index in [1.54, 1.807) is 36.4 Å². The van der Waals surface area contributed by atoms with E-state index in [9.17, 15) is 15.3 Å². The molecule has 0 aromatic heterocycles. The summed E-state index contributed by atoms with van der Waals surface area (Å²) in [6, 6.07) is 36.2. The third-order valence-electron chi connectivity index (χ3n) is 8.93. The summed E-state index contributed by atoms with van der Waals surface area (Å²) in [6.07, 6.45) is 0. The summed E-state index contributed by atoms with van der Waals surface area (Å²) >= 11 is 0. The van der Waals surface area contributed by atoms with Crippen LogP contribution in [0.1, 0.15) is 56.0 Å². The quantitative estimate of drug-likeness (QED) is 0.166. The van der Waals surface area contributed by atoms with Gasteiger partial charge in [0, 0.05) is 5.92 Å². The third-order valence-corrected chi connectivity index (χ3v) is 8.93. The van der Waals surface area contributed by atoms with Gasteiger partial charge in [-0.3, -0.25) is 0 Å². The lowest BCUT2D eigenvalue weighted by Gasteiger charge is -2.30. The minimum Gasteiger partial charge on any atom is -0.508 e. The van der Waals surface area contributed by atoms with E-state index in [-0.39, 0.29) is 23.2 Å². The second kappa shape index (κ2) is 12.3. The molecule has 0 amide bonds. The van der Waals surface area contributed by atoms with E-state index in [1.807, 2.05) is 36.4 Å². The summed E-state index contributed by atoms with van der Waals surface area (Å²) < 4.78 is 0. The zero-order chi connectivity index (χ0) is 32.7. The van der Waals surface area contributed by atoms with Crippen LogP contribution in [0.5, 0.6) is 17.2 Å². The van der Waals surface area contributed by atoms with Crippen LogP contribution in [0.15, 0.2) is 109 Å². The molecule has 3 heteroatoms. The predicted octanol–water partition coefficient (Wildman–Crippen LogP) is 10.8. The van der Waals surface area contributed by atoms with Crippen molar-refractivity contribution in [1.82, 2.24) is 0 Å². The summed E-state index contributed by atoms with van der Waals surface area (Å²) in [4.78, 5) is 0. The average molecular weight is 605 g/mol. The van der Waals surface area contributed by atoms with Gasteiger partial charge in [0.15, 0.2) is 0 Å². The Labute approximate surface area is 272 Å². The van der Waals surface area contributed by atoms with E-state index in [0.29, 0.717) is 0 Å².